The third-order valence-electron chi connectivity index (χ3n) is 3.19. The first-order chi connectivity index (χ1) is 8.99. The van der Waals surface area contributed by atoms with Gasteiger partial charge in [-0.25, -0.2) is 4.79 Å². The molecule has 0 bridgehead atoms. The van der Waals surface area contributed by atoms with Gasteiger partial charge in [-0.3, -0.25) is 4.79 Å². The topological polar surface area (TPSA) is 57.6 Å². The second-order valence-electron chi connectivity index (χ2n) is 5.47. The first kappa shape index (κ1) is 13.6. The van der Waals surface area contributed by atoms with Crippen LogP contribution in [0, 0.1) is 5.92 Å². The van der Waals surface area contributed by atoms with Gasteiger partial charge < -0.3 is 10.0 Å². The molecule has 4 nitrogen and oxygen atoms in total. The fourth-order valence-corrected chi connectivity index (χ4v) is 2.10. The molecule has 1 N–H and O–H groups in total. The Hall–Kier alpha value is -1.84. The van der Waals surface area contributed by atoms with Gasteiger partial charge in [-0.2, -0.15) is 0 Å². The number of amides is 1. The summed E-state index contributed by atoms with van der Waals surface area (Å²) in [6, 6.07) is 6.53. The van der Waals surface area contributed by atoms with E-state index in [0.717, 1.165) is 19.4 Å². The number of hydrogen-bond donors (Lipinski definition) is 1. The molecule has 0 atom stereocenters. The Morgan fingerprint density at radius 3 is 2.16 bits per heavy atom. The van der Waals surface area contributed by atoms with E-state index in [2.05, 4.69) is 13.8 Å². The smallest absolute Gasteiger partial charge is 0.335 e. The lowest BCUT2D eigenvalue weighted by Crippen LogP contribution is -2.36. The minimum absolute atomic E-state index is 0.00754. The van der Waals surface area contributed by atoms with Crippen molar-refractivity contribution < 1.29 is 14.7 Å². The molecule has 1 aliphatic carbocycles. The summed E-state index contributed by atoms with van der Waals surface area (Å²) in [6.45, 7) is 4.94. The van der Waals surface area contributed by atoms with Crippen molar-refractivity contribution in [1.29, 1.82) is 0 Å². The largest absolute Gasteiger partial charge is 0.478 e. The van der Waals surface area contributed by atoms with Gasteiger partial charge in [0.15, 0.2) is 0 Å². The molecule has 102 valence electrons. The van der Waals surface area contributed by atoms with E-state index < -0.39 is 5.97 Å². The van der Waals surface area contributed by atoms with Gasteiger partial charge in [-0.1, -0.05) is 13.8 Å². The highest BCUT2D eigenvalue weighted by atomic mass is 16.4. The van der Waals surface area contributed by atoms with Crippen molar-refractivity contribution in [3.63, 3.8) is 0 Å². The van der Waals surface area contributed by atoms with E-state index in [1.165, 1.54) is 12.1 Å². The van der Waals surface area contributed by atoms with Crippen molar-refractivity contribution in [2.45, 2.75) is 32.7 Å². The number of carboxylic acids is 1. The van der Waals surface area contributed by atoms with Crippen LogP contribution in [0.4, 0.5) is 0 Å². The molecule has 1 aromatic rings. The number of carbonyl (C=O) groups is 2. The summed E-state index contributed by atoms with van der Waals surface area (Å²) < 4.78 is 0. The monoisotopic (exact) mass is 261 g/mol. The molecule has 0 aliphatic heterocycles. The van der Waals surface area contributed by atoms with E-state index >= 15 is 0 Å². The fourth-order valence-electron chi connectivity index (χ4n) is 2.10. The number of benzene rings is 1. The molecule has 0 saturated heterocycles. The number of hydrogen-bond acceptors (Lipinski definition) is 2. The van der Waals surface area contributed by atoms with Crippen molar-refractivity contribution in [3.8, 4) is 0 Å². The predicted molar refractivity (Wildman–Crippen MR) is 72.3 cm³/mol. The van der Waals surface area contributed by atoms with Gasteiger partial charge in [0.05, 0.1) is 5.56 Å². The lowest BCUT2D eigenvalue weighted by molar-refractivity contribution is 0.0691. The van der Waals surface area contributed by atoms with Crippen LogP contribution in [-0.2, 0) is 0 Å². The van der Waals surface area contributed by atoms with Crippen molar-refractivity contribution >= 4 is 11.9 Å². The number of aromatic carboxylic acids is 1. The molecule has 2 rings (SSSR count). The van der Waals surface area contributed by atoms with E-state index in [1.54, 1.807) is 12.1 Å². The van der Waals surface area contributed by atoms with E-state index in [-0.39, 0.29) is 11.5 Å². The number of nitrogens with zero attached hydrogens (tertiary/aromatic N) is 1. The Morgan fingerprint density at radius 1 is 1.21 bits per heavy atom. The first-order valence-corrected chi connectivity index (χ1v) is 6.63. The van der Waals surface area contributed by atoms with Crippen LogP contribution < -0.4 is 0 Å². The van der Waals surface area contributed by atoms with Crippen molar-refractivity contribution in [1.82, 2.24) is 4.90 Å². The SMILES string of the molecule is CC(C)CN(C(=O)c1ccc(C(=O)O)cc1)C1CC1. The minimum Gasteiger partial charge on any atom is -0.478 e. The zero-order valence-corrected chi connectivity index (χ0v) is 11.3. The third kappa shape index (κ3) is 3.34. The van der Waals surface area contributed by atoms with E-state index in [1.807, 2.05) is 4.90 Å². The second-order valence-corrected chi connectivity index (χ2v) is 5.47. The van der Waals surface area contributed by atoms with Gasteiger partial charge in [0.25, 0.3) is 5.91 Å². The van der Waals surface area contributed by atoms with Gasteiger partial charge in [0.1, 0.15) is 0 Å². The van der Waals surface area contributed by atoms with E-state index in [0.29, 0.717) is 17.5 Å². The molecule has 0 heterocycles. The van der Waals surface area contributed by atoms with Crippen LogP contribution >= 0.6 is 0 Å². The number of carbonyl (C=O) groups excluding carboxylic acids is 1. The fraction of sp³-hybridized carbons (Fsp3) is 0.467. The van der Waals surface area contributed by atoms with Crippen LogP contribution in [-0.4, -0.2) is 34.5 Å². The quantitative estimate of drug-likeness (QED) is 0.886. The lowest BCUT2D eigenvalue weighted by Gasteiger charge is -2.24. The standard InChI is InChI=1S/C15H19NO3/c1-10(2)9-16(13-7-8-13)14(17)11-3-5-12(6-4-11)15(18)19/h3-6,10,13H,7-9H2,1-2H3,(H,18,19). The number of carboxylic acid groups (broad SMARTS) is 1. The molecule has 1 amide bonds. The summed E-state index contributed by atoms with van der Waals surface area (Å²) in [5, 5.41) is 8.85. The van der Waals surface area contributed by atoms with Gasteiger partial charge in [0, 0.05) is 18.2 Å². The van der Waals surface area contributed by atoms with E-state index in [4.69, 9.17) is 5.11 Å². The maximum absolute atomic E-state index is 12.4. The first-order valence-electron chi connectivity index (χ1n) is 6.63. The van der Waals surface area contributed by atoms with Crippen molar-refractivity contribution in [3.05, 3.63) is 35.4 Å². The summed E-state index contributed by atoms with van der Waals surface area (Å²) in [5.74, 6) is -0.531. The summed E-state index contributed by atoms with van der Waals surface area (Å²) in [4.78, 5) is 25.1. The van der Waals surface area contributed by atoms with Gasteiger partial charge in [0.2, 0.25) is 0 Å². The second kappa shape index (κ2) is 5.43. The van der Waals surface area contributed by atoms with E-state index in [9.17, 15) is 9.59 Å². The zero-order valence-electron chi connectivity index (χ0n) is 11.3. The molecule has 19 heavy (non-hydrogen) atoms. The highest BCUT2D eigenvalue weighted by Gasteiger charge is 2.33. The zero-order chi connectivity index (χ0) is 14.0. The molecule has 1 saturated carbocycles. The summed E-state index contributed by atoms with van der Waals surface area (Å²) >= 11 is 0. The molecular formula is C15H19NO3. The molecule has 0 aromatic heterocycles. The average Bonchev–Trinajstić information content (AvgIpc) is 3.19. The molecular weight excluding hydrogens is 242 g/mol. The maximum atomic E-state index is 12.4. The van der Waals surface area contributed by atoms with Gasteiger partial charge >= 0.3 is 5.97 Å². The van der Waals surface area contributed by atoms with Crippen LogP contribution in [0.3, 0.4) is 0 Å². The molecule has 0 unspecified atom stereocenters. The van der Waals surface area contributed by atoms with Crippen molar-refractivity contribution in [2.75, 3.05) is 6.54 Å². The van der Waals surface area contributed by atoms with Crippen LogP contribution in [0.1, 0.15) is 47.4 Å². The van der Waals surface area contributed by atoms with Crippen LogP contribution in [0.15, 0.2) is 24.3 Å². The molecule has 1 aliphatic rings. The lowest BCUT2D eigenvalue weighted by atomic mass is 10.1. The third-order valence-corrected chi connectivity index (χ3v) is 3.19. The Labute approximate surface area is 113 Å². The average molecular weight is 261 g/mol. The Balaban J connectivity index is 2.14. The highest BCUT2D eigenvalue weighted by Crippen LogP contribution is 2.29. The Bertz CT molecular complexity index is 475. The minimum atomic E-state index is -0.972. The van der Waals surface area contributed by atoms with Crippen LogP contribution in [0.25, 0.3) is 0 Å². The molecule has 0 radical (unpaired) electrons. The predicted octanol–water partition coefficient (Wildman–Crippen LogP) is 2.65. The van der Waals surface area contributed by atoms with Crippen LogP contribution in [0.5, 0.6) is 0 Å². The molecule has 1 fully saturated rings. The molecule has 4 heteroatoms. The maximum Gasteiger partial charge on any atom is 0.335 e. The van der Waals surface area contributed by atoms with Crippen molar-refractivity contribution in [2.24, 2.45) is 5.92 Å². The summed E-state index contributed by atoms with van der Waals surface area (Å²) in [6.07, 6.45) is 2.15. The Kier molecular flexibility index (Phi) is 3.88. The van der Waals surface area contributed by atoms with Gasteiger partial charge in [-0.05, 0) is 43.0 Å². The highest BCUT2D eigenvalue weighted by molar-refractivity contribution is 5.96. The normalized spacial score (nSPS) is 14.5. The van der Waals surface area contributed by atoms with Gasteiger partial charge in [-0.15, -0.1) is 0 Å². The summed E-state index contributed by atoms with van der Waals surface area (Å²) in [7, 11) is 0. The summed E-state index contributed by atoms with van der Waals surface area (Å²) in [5.41, 5.74) is 0.774. The van der Waals surface area contributed by atoms with Crippen LogP contribution in [0.2, 0.25) is 0 Å². The molecule has 1 aromatic carbocycles. The Morgan fingerprint density at radius 2 is 1.74 bits per heavy atom. The molecule has 0 spiro atoms. The number of rotatable bonds is 5.